The van der Waals surface area contributed by atoms with E-state index in [0.29, 0.717) is 0 Å². The van der Waals surface area contributed by atoms with Gasteiger partial charge in [-0.25, -0.2) is 0 Å². The Bertz CT molecular complexity index is 139. The van der Waals surface area contributed by atoms with Crippen LogP contribution < -0.4 is 0 Å². The molecular weight excluding hydrogens is 135 g/mol. The largest absolute Gasteiger partial charge is 0.610 e. The van der Waals surface area contributed by atoms with Gasteiger partial charge in [0.1, 0.15) is 16.8 Å². The lowest BCUT2D eigenvalue weighted by Crippen LogP contribution is -2.37. The first kappa shape index (κ1) is 7.73. The van der Waals surface area contributed by atoms with Crippen LogP contribution in [0.4, 0.5) is 4.39 Å². The van der Waals surface area contributed by atoms with Crippen molar-refractivity contribution < 1.29 is 14.2 Å². The molecular formula is C2H3FN2O4. The molecule has 6 nitrogen and oxygen atoms in total. The third-order valence-corrected chi connectivity index (χ3v) is 0.666. The molecule has 7 heteroatoms. The smallest absolute Gasteiger partial charge is 0.256 e. The lowest BCUT2D eigenvalue weighted by atomic mass is 10.6. The number of halogens is 1. The van der Waals surface area contributed by atoms with E-state index in [1.807, 2.05) is 0 Å². The van der Waals surface area contributed by atoms with Gasteiger partial charge < -0.3 is 0 Å². The van der Waals surface area contributed by atoms with Gasteiger partial charge in [-0.2, -0.15) is 0 Å². The van der Waals surface area contributed by atoms with Gasteiger partial charge in [-0.1, -0.05) is 4.39 Å². The number of alkyl halides is 1. The summed E-state index contributed by atoms with van der Waals surface area (Å²) < 4.78 is 11.9. The molecule has 0 unspecified atom stereocenters. The molecule has 0 radical (unpaired) electrons. The van der Waals surface area contributed by atoms with Crippen molar-refractivity contribution in [2.75, 3.05) is 0 Å². The van der Waals surface area contributed by atoms with Crippen molar-refractivity contribution in [1.29, 1.82) is 0 Å². The molecule has 0 heterocycles. The third kappa shape index (κ3) is 1.31. The van der Waals surface area contributed by atoms with Crippen molar-refractivity contribution in [2.45, 2.75) is 12.8 Å². The Labute approximate surface area is 48.6 Å². The predicted molar refractivity (Wildman–Crippen MR) is 23.5 cm³/mol. The van der Waals surface area contributed by atoms with Crippen LogP contribution in [0.15, 0.2) is 0 Å². The summed E-state index contributed by atoms with van der Waals surface area (Å²) in [5.41, 5.74) is 0. The van der Waals surface area contributed by atoms with Crippen molar-refractivity contribution in [3.8, 4) is 0 Å². The van der Waals surface area contributed by atoms with Gasteiger partial charge in [-0.3, -0.25) is 20.2 Å². The molecule has 9 heavy (non-hydrogen) atoms. The first-order valence-electron chi connectivity index (χ1n) is 1.87. The maximum Gasteiger partial charge on any atom is 0.610 e. The second-order valence-electron chi connectivity index (χ2n) is 1.42. The molecule has 0 atom stereocenters. The van der Waals surface area contributed by atoms with Crippen LogP contribution in [-0.2, 0) is 0 Å². The second kappa shape index (κ2) is 1.92. The average molecular weight is 138 g/mol. The van der Waals surface area contributed by atoms with Crippen LogP contribution in [0.2, 0.25) is 0 Å². The Kier molecular flexibility index (Phi) is 1.65. The van der Waals surface area contributed by atoms with Gasteiger partial charge in [-0.15, -0.1) is 0 Å². The van der Waals surface area contributed by atoms with Gasteiger partial charge in [0.2, 0.25) is 0 Å². The zero-order valence-corrected chi connectivity index (χ0v) is 4.41. The first-order chi connectivity index (χ1) is 3.89. The zero-order valence-electron chi connectivity index (χ0n) is 4.41. The molecule has 0 saturated heterocycles. The Hall–Kier alpha value is -1.27. The van der Waals surface area contributed by atoms with E-state index in [9.17, 15) is 24.6 Å². The maximum absolute atomic E-state index is 11.9. The van der Waals surface area contributed by atoms with Crippen molar-refractivity contribution in [3.63, 3.8) is 0 Å². The molecule has 0 spiro atoms. The van der Waals surface area contributed by atoms with Gasteiger partial charge in [0.25, 0.3) is 0 Å². The topological polar surface area (TPSA) is 86.3 Å². The summed E-state index contributed by atoms with van der Waals surface area (Å²) in [6.45, 7) is 0.271. The van der Waals surface area contributed by atoms with E-state index in [1.165, 1.54) is 0 Å². The Morgan fingerprint density at radius 2 is 1.56 bits per heavy atom. The normalized spacial score (nSPS) is 10.9. The molecule has 0 aromatic heterocycles. The fourth-order valence-corrected chi connectivity index (χ4v) is 0.0667. The Balaban J connectivity index is 4.38. The number of rotatable bonds is 2. The summed E-state index contributed by atoms with van der Waals surface area (Å²) in [5, 5.41) is 18.9. The SMILES string of the molecule is CC(F)([N+](=O)[O-])[N+](=O)[O-]. The van der Waals surface area contributed by atoms with Gasteiger partial charge in [0.05, 0.1) is 0 Å². The van der Waals surface area contributed by atoms with Crippen LogP contribution in [0.3, 0.4) is 0 Å². The van der Waals surface area contributed by atoms with Crippen molar-refractivity contribution >= 4 is 0 Å². The first-order valence-corrected chi connectivity index (χ1v) is 1.87. The molecule has 0 N–H and O–H groups in total. The highest BCUT2D eigenvalue weighted by Crippen LogP contribution is 2.09. The van der Waals surface area contributed by atoms with Crippen LogP contribution in [0, 0.1) is 20.2 Å². The van der Waals surface area contributed by atoms with Crippen LogP contribution in [0.5, 0.6) is 0 Å². The number of nitrogens with zero attached hydrogens (tertiary/aromatic N) is 2. The van der Waals surface area contributed by atoms with Gasteiger partial charge in [0, 0.05) is 0 Å². The number of hydrogen-bond acceptors (Lipinski definition) is 4. The molecule has 0 aliphatic heterocycles. The molecule has 0 saturated carbocycles. The fraction of sp³-hybridized carbons (Fsp3) is 1.00. The van der Waals surface area contributed by atoms with Crippen LogP contribution in [0.25, 0.3) is 0 Å². The summed E-state index contributed by atoms with van der Waals surface area (Å²) in [5.74, 6) is -3.56. The summed E-state index contributed by atoms with van der Waals surface area (Å²) in [6.07, 6.45) is 0. The van der Waals surface area contributed by atoms with E-state index in [0.717, 1.165) is 0 Å². The molecule has 0 rings (SSSR count). The van der Waals surface area contributed by atoms with Crippen molar-refractivity contribution in [3.05, 3.63) is 20.2 Å². The van der Waals surface area contributed by atoms with E-state index in [2.05, 4.69) is 0 Å². The number of hydrogen-bond donors (Lipinski definition) is 0. The van der Waals surface area contributed by atoms with Crippen molar-refractivity contribution in [1.82, 2.24) is 0 Å². The van der Waals surface area contributed by atoms with Gasteiger partial charge in [0.15, 0.2) is 0 Å². The second-order valence-corrected chi connectivity index (χ2v) is 1.42. The highest BCUT2D eigenvalue weighted by Gasteiger charge is 2.51. The monoisotopic (exact) mass is 138 g/mol. The van der Waals surface area contributed by atoms with Gasteiger partial charge >= 0.3 is 5.92 Å². The van der Waals surface area contributed by atoms with Crippen LogP contribution >= 0.6 is 0 Å². The minimum absolute atomic E-state index is 0.271. The fourth-order valence-electron chi connectivity index (χ4n) is 0.0667. The zero-order chi connectivity index (χ0) is 7.65. The summed E-state index contributed by atoms with van der Waals surface area (Å²) >= 11 is 0. The van der Waals surface area contributed by atoms with E-state index in [4.69, 9.17) is 0 Å². The molecule has 0 amide bonds. The lowest BCUT2D eigenvalue weighted by Gasteiger charge is -1.99. The molecule has 52 valence electrons. The maximum atomic E-state index is 11.9. The van der Waals surface area contributed by atoms with Crippen molar-refractivity contribution in [2.24, 2.45) is 0 Å². The third-order valence-electron chi connectivity index (χ3n) is 0.666. The van der Waals surface area contributed by atoms with E-state index < -0.39 is 15.8 Å². The average Bonchev–Trinajstić information content (AvgIpc) is 1.65. The molecule has 0 aromatic carbocycles. The molecule has 0 aliphatic carbocycles. The summed E-state index contributed by atoms with van der Waals surface area (Å²) in [7, 11) is 0. The molecule has 0 aromatic rings. The Morgan fingerprint density at radius 3 is 1.56 bits per heavy atom. The number of nitro groups is 2. The lowest BCUT2D eigenvalue weighted by molar-refractivity contribution is -0.826. The van der Waals surface area contributed by atoms with E-state index in [-0.39, 0.29) is 6.92 Å². The van der Waals surface area contributed by atoms with E-state index in [1.54, 1.807) is 0 Å². The highest BCUT2D eigenvalue weighted by molar-refractivity contribution is 4.36. The predicted octanol–water partition coefficient (Wildman–Crippen LogP) is 0.183. The minimum atomic E-state index is -3.56. The Morgan fingerprint density at radius 1 is 1.33 bits per heavy atom. The summed E-state index contributed by atoms with van der Waals surface area (Å²) in [6, 6.07) is 0. The standard InChI is InChI=1S/C2H3FN2O4/c1-2(3,4(6)7)5(8)9/h1H3. The highest BCUT2D eigenvalue weighted by atomic mass is 19.2. The van der Waals surface area contributed by atoms with Crippen LogP contribution in [-0.4, -0.2) is 15.8 Å². The quantitative estimate of drug-likeness (QED) is 0.236. The van der Waals surface area contributed by atoms with Crippen LogP contribution in [0.1, 0.15) is 6.92 Å². The summed E-state index contributed by atoms with van der Waals surface area (Å²) in [4.78, 5) is 15.7. The van der Waals surface area contributed by atoms with E-state index >= 15 is 0 Å². The minimum Gasteiger partial charge on any atom is -0.256 e. The molecule has 0 bridgehead atoms. The van der Waals surface area contributed by atoms with Gasteiger partial charge in [-0.05, 0) is 0 Å². The molecule has 0 fully saturated rings. The molecule has 0 aliphatic rings.